The molecule has 8 nitrogen and oxygen atoms in total. The second-order valence-corrected chi connectivity index (χ2v) is 7.47. The van der Waals surface area contributed by atoms with Crippen molar-refractivity contribution in [2.75, 3.05) is 12.4 Å². The molecule has 0 unspecified atom stereocenters. The molecule has 3 aromatic rings. The number of non-ortho nitro benzene ring substituents is 1. The Morgan fingerprint density at radius 3 is 2.52 bits per heavy atom. The molecule has 0 heterocycles. The van der Waals surface area contributed by atoms with E-state index in [1.807, 2.05) is 13.0 Å². The summed E-state index contributed by atoms with van der Waals surface area (Å²) in [5.41, 5.74) is 1.67. The van der Waals surface area contributed by atoms with Gasteiger partial charge in [0.1, 0.15) is 11.4 Å². The highest BCUT2D eigenvalue weighted by Gasteiger charge is 2.19. The topological polar surface area (TPSA) is 111 Å². The Bertz CT molecular complexity index is 1260. The first-order valence-corrected chi connectivity index (χ1v) is 10.1. The number of nitro groups is 1. The molecule has 0 saturated heterocycles. The van der Waals surface area contributed by atoms with Gasteiger partial charge in [-0.2, -0.15) is 0 Å². The van der Waals surface area contributed by atoms with E-state index in [0.717, 1.165) is 5.56 Å². The van der Waals surface area contributed by atoms with Gasteiger partial charge in [-0.1, -0.05) is 35.9 Å². The van der Waals surface area contributed by atoms with E-state index in [0.29, 0.717) is 16.3 Å². The highest BCUT2D eigenvalue weighted by Crippen LogP contribution is 2.23. The molecule has 168 valence electrons. The van der Waals surface area contributed by atoms with E-state index in [4.69, 9.17) is 16.3 Å². The average Bonchev–Trinajstić information content (AvgIpc) is 2.78. The molecule has 0 aliphatic heterocycles. The normalized spacial score (nSPS) is 10.9. The first-order valence-electron chi connectivity index (χ1n) is 9.76. The smallest absolute Gasteiger partial charge is 0.272 e. The number of benzene rings is 3. The number of carbonyl (C=O) groups excluding carboxylic acids is 2. The molecular formula is C24H20ClN3O5. The van der Waals surface area contributed by atoms with Crippen LogP contribution in [0.3, 0.4) is 0 Å². The molecule has 0 saturated carbocycles. The zero-order valence-electron chi connectivity index (χ0n) is 17.8. The number of hydrogen-bond donors (Lipinski definition) is 2. The summed E-state index contributed by atoms with van der Waals surface area (Å²) in [5.74, 6) is -0.974. The molecule has 0 spiro atoms. The number of carbonyl (C=O) groups is 2. The van der Waals surface area contributed by atoms with Crippen molar-refractivity contribution in [3.63, 3.8) is 0 Å². The zero-order valence-corrected chi connectivity index (χ0v) is 18.6. The molecule has 0 atom stereocenters. The average molecular weight is 466 g/mol. The number of hydrogen-bond acceptors (Lipinski definition) is 5. The van der Waals surface area contributed by atoms with Gasteiger partial charge in [0.2, 0.25) is 0 Å². The van der Waals surface area contributed by atoms with Crippen LogP contribution in [0.25, 0.3) is 6.08 Å². The lowest BCUT2D eigenvalue weighted by atomic mass is 10.1. The van der Waals surface area contributed by atoms with Crippen LogP contribution in [0.5, 0.6) is 5.75 Å². The van der Waals surface area contributed by atoms with E-state index >= 15 is 0 Å². The van der Waals surface area contributed by atoms with E-state index in [1.54, 1.807) is 30.3 Å². The van der Waals surface area contributed by atoms with Crippen LogP contribution in [0.1, 0.15) is 21.5 Å². The number of methoxy groups -OCH3 is 1. The maximum Gasteiger partial charge on any atom is 0.272 e. The van der Waals surface area contributed by atoms with Crippen LogP contribution in [0.4, 0.5) is 11.4 Å². The second-order valence-electron chi connectivity index (χ2n) is 7.03. The summed E-state index contributed by atoms with van der Waals surface area (Å²) in [6, 6.07) is 17.4. The molecule has 3 aromatic carbocycles. The SMILES string of the molecule is COc1ccc(Cl)cc1C(=O)N/C(=C\c1cccc([N+](=O)[O-])c1)C(=O)Nc1cccc(C)c1. The molecule has 0 bridgehead atoms. The predicted octanol–water partition coefficient (Wildman–Crippen LogP) is 4.97. The number of nitrogens with one attached hydrogen (secondary N) is 2. The number of amides is 2. The minimum Gasteiger partial charge on any atom is -0.496 e. The summed E-state index contributed by atoms with van der Waals surface area (Å²) < 4.78 is 5.22. The van der Waals surface area contributed by atoms with Crippen LogP contribution in [0, 0.1) is 17.0 Å². The summed E-state index contributed by atoms with van der Waals surface area (Å²) in [5, 5.41) is 16.7. The quantitative estimate of drug-likeness (QED) is 0.290. The van der Waals surface area contributed by atoms with Crippen molar-refractivity contribution in [2.24, 2.45) is 0 Å². The van der Waals surface area contributed by atoms with Gasteiger partial charge in [0, 0.05) is 22.8 Å². The van der Waals surface area contributed by atoms with Gasteiger partial charge in [0.05, 0.1) is 17.6 Å². The fraction of sp³-hybridized carbons (Fsp3) is 0.0833. The zero-order chi connectivity index (χ0) is 24.0. The number of aryl methyl sites for hydroxylation is 1. The van der Waals surface area contributed by atoms with Gasteiger partial charge in [-0.3, -0.25) is 19.7 Å². The lowest BCUT2D eigenvalue weighted by molar-refractivity contribution is -0.384. The fourth-order valence-corrected chi connectivity index (χ4v) is 3.19. The van der Waals surface area contributed by atoms with Crippen molar-refractivity contribution >= 4 is 40.9 Å². The third-order valence-corrected chi connectivity index (χ3v) is 4.80. The Kier molecular flexibility index (Phi) is 7.42. The van der Waals surface area contributed by atoms with Gasteiger partial charge in [0.25, 0.3) is 17.5 Å². The molecule has 0 aliphatic carbocycles. The summed E-state index contributed by atoms with van der Waals surface area (Å²) in [6.45, 7) is 1.88. The van der Waals surface area contributed by atoms with Crippen molar-refractivity contribution < 1.29 is 19.2 Å². The number of nitro benzene ring substituents is 1. The predicted molar refractivity (Wildman–Crippen MR) is 126 cm³/mol. The lowest BCUT2D eigenvalue weighted by Gasteiger charge is -2.13. The van der Waals surface area contributed by atoms with Gasteiger partial charge >= 0.3 is 0 Å². The van der Waals surface area contributed by atoms with Crippen molar-refractivity contribution in [1.82, 2.24) is 5.32 Å². The van der Waals surface area contributed by atoms with Gasteiger partial charge in [-0.25, -0.2) is 0 Å². The summed E-state index contributed by atoms with van der Waals surface area (Å²) in [6.07, 6.45) is 1.35. The monoisotopic (exact) mass is 465 g/mol. The second kappa shape index (κ2) is 10.4. The van der Waals surface area contributed by atoms with Crippen LogP contribution < -0.4 is 15.4 Å². The van der Waals surface area contributed by atoms with E-state index in [2.05, 4.69) is 10.6 Å². The number of ether oxygens (including phenoxy) is 1. The fourth-order valence-electron chi connectivity index (χ4n) is 3.02. The Morgan fingerprint density at radius 1 is 1.06 bits per heavy atom. The van der Waals surface area contributed by atoms with Crippen LogP contribution in [-0.2, 0) is 4.79 Å². The molecule has 0 aromatic heterocycles. The van der Waals surface area contributed by atoms with Crippen LogP contribution in [0.2, 0.25) is 5.02 Å². The molecule has 0 aliphatic rings. The van der Waals surface area contributed by atoms with Crippen molar-refractivity contribution in [1.29, 1.82) is 0 Å². The molecule has 9 heteroatoms. The number of halogens is 1. The molecule has 2 amide bonds. The summed E-state index contributed by atoms with van der Waals surface area (Å²) in [4.78, 5) is 36.6. The molecular weight excluding hydrogens is 446 g/mol. The van der Waals surface area contributed by atoms with E-state index in [9.17, 15) is 19.7 Å². The summed E-state index contributed by atoms with van der Waals surface area (Å²) in [7, 11) is 1.41. The first kappa shape index (κ1) is 23.5. The number of nitrogens with zero attached hydrogens (tertiary/aromatic N) is 1. The number of anilines is 1. The van der Waals surface area contributed by atoms with Gasteiger partial charge < -0.3 is 15.4 Å². The third kappa shape index (κ3) is 6.18. The first-order chi connectivity index (χ1) is 15.8. The van der Waals surface area contributed by atoms with Gasteiger partial charge in [0.15, 0.2) is 0 Å². The minimum atomic E-state index is -0.634. The Labute approximate surface area is 195 Å². The van der Waals surface area contributed by atoms with Gasteiger partial charge in [-0.15, -0.1) is 0 Å². The minimum absolute atomic E-state index is 0.121. The van der Waals surface area contributed by atoms with Crippen molar-refractivity contribution in [3.8, 4) is 5.75 Å². The lowest BCUT2D eigenvalue weighted by Crippen LogP contribution is -2.31. The van der Waals surface area contributed by atoms with E-state index in [1.165, 1.54) is 43.5 Å². The maximum atomic E-state index is 13.1. The molecule has 0 fully saturated rings. The highest BCUT2D eigenvalue weighted by molar-refractivity contribution is 6.31. The highest BCUT2D eigenvalue weighted by atomic mass is 35.5. The standard InChI is InChI=1S/C24H20ClN3O5/c1-15-5-3-7-18(11-15)26-24(30)21(13-16-6-4-8-19(12-16)28(31)32)27-23(29)20-14-17(25)9-10-22(20)33-2/h3-14H,1-2H3,(H,26,30)(H,27,29)/b21-13-. The molecule has 0 radical (unpaired) electrons. The summed E-state index contributed by atoms with van der Waals surface area (Å²) >= 11 is 6.02. The Morgan fingerprint density at radius 2 is 1.82 bits per heavy atom. The van der Waals surface area contributed by atoms with E-state index < -0.39 is 16.7 Å². The molecule has 33 heavy (non-hydrogen) atoms. The van der Waals surface area contributed by atoms with Crippen molar-refractivity contribution in [3.05, 3.63) is 104 Å². The third-order valence-electron chi connectivity index (χ3n) is 4.57. The molecule has 2 N–H and O–H groups in total. The largest absolute Gasteiger partial charge is 0.496 e. The van der Waals surface area contributed by atoms with Gasteiger partial charge in [-0.05, 0) is 54.5 Å². The van der Waals surface area contributed by atoms with Crippen LogP contribution in [-0.4, -0.2) is 23.8 Å². The van der Waals surface area contributed by atoms with E-state index in [-0.39, 0.29) is 22.7 Å². The Hall–Kier alpha value is -4.17. The van der Waals surface area contributed by atoms with Crippen LogP contribution >= 0.6 is 11.6 Å². The van der Waals surface area contributed by atoms with Crippen LogP contribution in [0.15, 0.2) is 72.4 Å². The Balaban J connectivity index is 1.98. The maximum absolute atomic E-state index is 13.1. The number of rotatable bonds is 7. The van der Waals surface area contributed by atoms with Crippen molar-refractivity contribution in [2.45, 2.75) is 6.92 Å². The molecule has 3 rings (SSSR count).